The van der Waals surface area contributed by atoms with E-state index in [4.69, 9.17) is 26.1 Å². The van der Waals surface area contributed by atoms with Gasteiger partial charge < -0.3 is 9.47 Å². The number of aliphatic imine (C=N–C) groups is 1. The molecule has 0 unspecified atom stereocenters. The van der Waals surface area contributed by atoms with Gasteiger partial charge in [-0.3, -0.25) is 14.7 Å². The highest BCUT2D eigenvalue weighted by Crippen LogP contribution is 2.40. The Labute approximate surface area is 258 Å². The van der Waals surface area contributed by atoms with E-state index in [0.29, 0.717) is 52.9 Å². The van der Waals surface area contributed by atoms with Crippen molar-refractivity contribution in [2.45, 2.75) is 26.6 Å². The normalized spacial score (nSPS) is 15.1. The molecule has 0 saturated carbocycles. The van der Waals surface area contributed by atoms with Crippen LogP contribution in [0.4, 0.5) is 0 Å². The highest BCUT2D eigenvalue weighted by Gasteiger charge is 2.33. The second-order valence-corrected chi connectivity index (χ2v) is 11.5. The van der Waals surface area contributed by atoms with E-state index in [9.17, 15) is 4.79 Å². The van der Waals surface area contributed by atoms with Crippen LogP contribution in [0.2, 0.25) is 5.02 Å². The minimum absolute atomic E-state index is 0.0807. The molecule has 5 nitrogen and oxygen atoms in total. The SMILES string of the molecule is CCOc1cc(/C=C2\SC(=NCc3ccccc3)N(Cc3ccccc3)C2=O)cc(Br)c1OCc1ccc(Cl)cc1. The van der Waals surface area contributed by atoms with Gasteiger partial charge in [-0.15, -0.1) is 0 Å². The number of thioether (sulfide) groups is 1. The van der Waals surface area contributed by atoms with E-state index in [2.05, 4.69) is 15.9 Å². The summed E-state index contributed by atoms with van der Waals surface area (Å²) in [6.45, 7) is 3.70. The molecular formula is C33H28BrClN2O3S. The predicted molar refractivity (Wildman–Crippen MR) is 171 cm³/mol. The number of hydrogen-bond donors (Lipinski definition) is 0. The Hall–Kier alpha value is -3.52. The van der Waals surface area contributed by atoms with E-state index in [-0.39, 0.29) is 5.91 Å². The topological polar surface area (TPSA) is 51.1 Å². The first kappa shape index (κ1) is 29.0. The molecule has 5 rings (SSSR count). The van der Waals surface area contributed by atoms with Crippen LogP contribution in [0.15, 0.2) is 111 Å². The lowest BCUT2D eigenvalue weighted by atomic mass is 10.1. The molecule has 208 valence electrons. The molecule has 0 atom stereocenters. The van der Waals surface area contributed by atoms with Gasteiger partial charge in [0.15, 0.2) is 16.7 Å². The summed E-state index contributed by atoms with van der Waals surface area (Å²) in [6.07, 6.45) is 1.88. The predicted octanol–water partition coefficient (Wildman–Crippen LogP) is 8.75. The molecular weight excluding hydrogens is 620 g/mol. The lowest BCUT2D eigenvalue weighted by Gasteiger charge is -2.16. The van der Waals surface area contributed by atoms with Crippen molar-refractivity contribution in [2.24, 2.45) is 4.99 Å². The van der Waals surface area contributed by atoms with Gasteiger partial charge in [-0.05, 0) is 87.2 Å². The van der Waals surface area contributed by atoms with Crippen molar-refractivity contribution >= 4 is 56.4 Å². The second-order valence-electron chi connectivity index (χ2n) is 9.25. The van der Waals surface area contributed by atoms with Gasteiger partial charge in [-0.25, -0.2) is 0 Å². The lowest BCUT2D eigenvalue weighted by molar-refractivity contribution is -0.122. The maximum absolute atomic E-state index is 13.7. The fourth-order valence-electron chi connectivity index (χ4n) is 4.24. The Balaban J connectivity index is 1.42. The minimum Gasteiger partial charge on any atom is -0.490 e. The monoisotopic (exact) mass is 646 g/mol. The van der Waals surface area contributed by atoms with Crippen molar-refractivity contribution in [3.8, 4) is 11.5 Å². The maximum Gasteiger partial charge on any atom is 0.267 e. The van der Waals surface area contributed by atoms with Crippen LogP contribution in [0.1, 0.15) is 29.2 Å². The smallest absolute Gasteiger partial charge is 0.267 e. The minimum atomic E-state index is -0.0807. The van der Waals surface area contributed by atoms with Crippen LogP contribution in [-0.4, -0.2) is 22.6 Å². The third-order valence-electron chi connectivity index (χ3n) is 6.24. The van der Waals surface area contributed by atoms with Gasteiger partial charge in [0.05, 0.1) is 29.1 Å². The van der Waals surface area contributed by atoms with Gasteiger partial charge in [0.25, 0.3) is 5.91 Å². The molecule has 4 aromatic carbocycles. The number of hydrogen-bond acceptors (Lipinski definition) is 5. The highest BCUT2D eigenvalue weighted by atomic mass is 79.9. The number of rotatable bonds is 10. The number of amidine groups is 1. The van der Waals surface area contributed by atoms with Gasteiger partial charge in [-0.2, -0.15) is 0 Å². The molecule has 0 aromatic heterocycles. The van der Waals surface area contributed by atoms with Crippen LogP contribution >= 0.6 is 39.3 Å². The first-order chi connectivity index (χ1) is 20.0. The number of carbonyl (C=O) groups excluding carboxylic acids is 1. The third-order valence-corrected chi connectivity index (χ3v) is 8.12. The highest BCUT2D eigenvalue weighted by molar-refractivity contribution is 9.10. The number of ether oxygens (including phenoxy) is 2. The summed E-state index contributed by atoms with van der Waals surface area (Å²) in [6, 6.07) is 31.3. The average Bonchev–Trinajstić information content (AvgIpc) is 3.27. The molecule has 0 aliphatic carbocycles. The van der Waals surface area contributed by atoms with Gasteiger partial charge >= 0.3 is 0 Å². The molecule has 0 bridgehead atoms. The fourth-order valence-corrected chi connectivity index (χ4v) is 5.91. The average molecular weight is 648 g/mol. The zero-order valence-electron chi connectivity index (χ0n) is 22.4. The molecule has 1 amide bonds. The van der Waals surface area contributed by atoms with E-state index < -0.39 is 0 Å². The quantitative estimate of drug-likeness (QED) is 0.162. The lowest BCUT2D eigenvalue weighted by Crippen LogP contribution is -2.28. The first-order valence-electron chi connectivity index (χ1n) is 13.2. The summed E-state index contributed by atoms with van der Waals surface area (Å²) in [5.41, 5.74) is 3.94. The van der Waals surface area contributed by atoms with Gasteiger partial charge in [-0.1, -0.05) is 84.4 Å². The zero-order chi connectivity index (χ0) is 28.6. The summed E-state index contributed by atoms with van der Waals surface area (Å²) in [7, 11) is 0. The van der Waals surface area contributed by atoms with Gasteiger partial charge in [0.2, 0.25) is 0 Å². The van der Waals surface area contributed by atoms with Crippen LogP contribution in [0.5, 0.6) is 11.5 Å². The Morgan fingerprint density at radius 1 is 0.902 bits per heavy atom. The Morgan fingerprint density at radius 2 is 1.59 bits per heavy atom. The fraction of sp³-hybridized carbons (Fsp3) is 0.152. The molecule has 8 heteroatoms. The molecule has 1 aliphatic rings. The summed E-state index contributed by atoms with van der Waals surface area (Å²) >= 11 is 11.1. The standard InChI is InChI=1S/C33H28BrClN2O3S/c1-2-39-29-18-26(17-28(34)31(29)40-22-25-13-15-27(35)16-14-25)19-30-32(38)37(21-24-11-7-4-8-12-24)33(41-30)36-20-23-9-5-3-6-10-23/h3-19H,2,20-22H2,1H3/b30-19-,36-33?. The molecule has 1 aliphatic heterocycles. The molecule has 0 N–H and O–H groups in total. The van der Waals surface area contributed by atoms with Crippen molar-refractivity contribution in [1.29, 1.82) is 0 Å². The van der Waals surface area contributed by atoms with Gasteiger partial charge in [0.1, 0.15) is 6.61 Å². The summed E-state index contributed by atoms with van der Waals surface area (Å²) in [5, 5.41) is 1.36. The second kappa shape index (κ2) is 13.9. The Morgan fingerprint density at radius 3 is 2.27 bits per heavy atom. The molecule has 1 saturated heterocycles. The molecule has 1 fully saturated rings. The summed E-state index contributed by atoms with van der Waals surface area (Å²) < 4.78 is 12.8. The van der Waals surface area contributed by atoms with Crippen molar-refractivity contribution < 1.29 is 14.3 Å². The van der Waals surface area contributed by atoms with Crippen molar-refractivity contribution in [3.05, 3.63) is 134 Å². The van der Waals surface area contributed by atoms with Crippen LogP contribution < -0.4 is 9.47 Å². The van der Waals surface area contributed by atoms with E-state index in [1.807, 2.05) is 110 Å². The Kier molecular flexibility index (Phi) is 9.83. The van der Waals surface area contributed by atoms with Crippen molar-refractivity contribution in [2.75, 3.05) is 6.61 Å². The van der Waals surface area contributed by atoms with E-state index in [0.717, 1.165) is 26.7 Å². The number of halogens is 2. The summed E-state index contributed by atoms with van der Waals surface area (Å²) in [5.74, 6) is 1.12. The van der Waals surface area contributed by atoms with Crippen LogP contribution in [0.3, 0.4) is 0 Å². The number of nitrogens with zero attached hydrogens (tertiary/aromatic N) is 2. The molecule has 41 heavy (non-hydrogen) atoms. The third kappa shape index (κ3) is 7.61. The summed E-state index contributed by atoms with van der Waals surface area (Å²) in [4.78, 5) is 20.8. The van der Waals surface area contributed by atoms with Crippen molar-refractivity contribution in [3.63, 3.8) is 0 Å². The molecule has 1 heterocycles. The number of amides is 1. The molecule has 4 aromatic rings. The van der Waals surface area contributed by atoms with E-state index >= 15 is 0 Å². The molecule has 0 spiro atoms. The van der Waals surface area contributed by atoms with Crippen LogP contribution in [-0.2, 0) is 24.5 Å². The number of benzene rings is 4. The Bertz CT molecular complexity index is 1560. The van der Waals surface area contributed by atoms with E-state index in [1.54, 1.807) is 4.90 Å². The van der Waals surface area contributed by atoms with Crippen LogP contribution in [0, 0.1) is 0 Å². The van der Waals surface area contributed by atoms with Crippen molar-refractivity contribution in [1.82, 2.24) is 4.90 Å². The van der Waals surface area contributed by atoms with E-state index in [1.165, 1.54) is 11.8 Å². The maximum atomic E-state index is 13.7. The first-order valence-corrected chi connectivity index (χ1v) is 15.2. The van der Waals surface area contributed by atoms with Crippen LogP contribution in [0.25, 0.3) is 6.08 Å². The zero-order valence-corrected chi connectivity index (χ0v) is 25.6. The molecule has 0 radical (unpaired) electrons. The van der Waals surface area contributed by atoms with Gasteiger partial charge in [0, 0.05) is 5.02 Å². The number of carbonyl (C=O) groups is 1. The largest absolute Gasteiger partial charge is 0.490 e.